The van der Waals surface area contributed by atoms with E-state index in [-0.39, 0.29) is 21.9 Å². The Bertz CT molecular complexity index is 899. The van der Waals surface area contributed by atoms with E-state index in [0.717, 1.165) is 12.1 Å². The van der Waals surface area contributed by atoms with Crippen molar-refractivity contribution in [3.05, 3.63) is 59.9 Å². The molecule has 1 amide bonds. The monoisotopic (exact) mass is 365 g/mol. The Labute approximate surface area is 144 Å². The van der Waals surface area contributed by atoms with E-state index in [1.54, 1.807) is 18.2 Å². The number of carbonyl (C=O) groups is 1. The third-order valence-corrected chi connectivity index (χ3v) is 4.59. The molecule has 9 heteroatoms. The van der Waals surface area contributed by atoms with Crippen LogP contribution in [0.2, 0.25) is 0 Å². The van der Waals surface area contributed by atoms with E-state index in [0.29, 0.717) is 0 Å². The van der Waals surface area contributed by atoms with Gasteiger partial charge in [0.05, 0.1) is 17.2 Å². The fourth-order valence-electron chi connectivity index (χ4n) is 1.89. The van der Waals surface area contributed by atoms with Gasteiger partial charge in [0.15, 0.2) is 0 Å². The minimum atomic E-state index is -3.81. The number of amides is 1. The summed E-state index contributed by atoms with van der Waals surface area (Å²) in [5.74, 6) is -1.47. The van der Waals surface area contributed by atoms with Gasteiger partial charge in [-0.1, -0.05) is 18.2 Å². The number of rotatable bonds is 6. The second-order valence-corrected chi connectivity index (χ2v) is 6.80. The molecule has 0 heterocycles. The molecule has 25 heavy (non-hydrogen) atoms. The van der Waals surface area contributed by atoms with E-state index in [9.17, 15) is 22.7 Å². The molecule has 2 rings (SSSR count). The molecule has 2 aromatic carbocycles. The molecular weight excluding hydrogens is 349 g/mol. The fourth-order valence-corrected chi connectivity index (χ4v) is 2.89. The molecule has 0 bridgehead atoms. The van der Waals surface area contributed by atoms with Gasteiger partial charge in [-0.05, 0) is 37.3 Å². The molecular formula is C16H16FN3O4S. The number of aromatic hydroxyl groups is 1. The second-order valence-electron chi connectivity index (χ2n) is 5.03. The van der Waals surface area contributed by atoms with E-state index >= 15 is 0 Å². The van der Waals surface area contributed by atoms with E-state index in [4.69, 9.17) is 0 Å². The van der Waals surface area contributed by atoms with Gasteiger partial charge in [0.1, 0.15) is 11.6 Å². The molecule has 0 spiro atoms. The summed E-state index contributed by atoms with van der Waals surface area (Å²) >= 11 is 0. The predicted octanol–water partition coefficient (Wildman–Crippen LogP) is 1.35. The Morgan fingerprint density at radius 3 is 2.56 bits per heavy atom. The lowest BCUT2D eigenvalue weighted by Gasteiger charge is -2.07. The van der Waals surface area contributed by atoms with Crippen LogP contribution >= 0.6 is 0 Å². The normalized spacial score (nSPS) is 12.0. The fraction of sp³-hybridized carbons (Fsp3) is 0.125. The van der Waals surface area contributed by atoms with E-state index in [2.05, 4.69) is 15.2 Å². The van der Waals surface area contributed by atoms with Crippen LogP contribution < -0.4 is 10.1 Å². The molecule has 7 nitrogen and oxygen atoms in total. The molecule has 3 N–H and O–H groups in total. The van der Waals surface area contributed by atoms with Gasteiger partial charge in [0.2, 0.25) is 10.0 Å². The maximum absolute atomic E-state index is 13.2. The zero-order chi connectivity index (χ0) is 18.4. The summed E-state index contributed by atoms with van der Waals surface area (Å²) in [7, 11) is -3.81. The van der Waals surface area contributed by atoms with Gasteiger partial charge in [-0.15, -0.1) is 0 Å². The van der Waals surface area contributed by atoms with Crippen LogP contribution in [0, 0.1) is 5.82 Å². The minimum Gasteiger partial charge on any atom is -0.507 e. The number of phenolic OH excluding ortho intramolecular Hbond substituents is 1. The third kappa shape index (κ3) is 5.10. The second kappa shape index (κ2) is 7.86. The van der Waals surface area contributed by atoms with Crippen LogP contribution in [0.25, 0.3) is 0 Å². The Morgan fingerprint density at radius 1 is 1.20 bits per heavy atom. The molecule has 0 aromatic heterocycles. The Kier molecular flexibility index (Phi) is 5.84. The first kappa shape index (κ1) is 18.6. The highest BCUT2D eigenvalue weighted by Crippen LogP contribution is 2.18. The molecule has 0 aliphatic carbocycles. The molecule has 0 fully saturated rings. The summed E-state index contributed by atoms with van der Waals surface area (Å²) in [5, 5.41) is 13.4. The lowest BCUT2D eigenvalue weighted by atomic mass is 10.1. The van der Waals surface area contributed by atoms with Crippen molar-refractivity contribution in [3.63, 3.8) is 0 Å². The first-order chi connectivity index (χ1) is 11.8. The molecule has 0 unspecified atom stereocenters. The quantitative estimate of drug-likeness (QED) is 0.530. The number of sulfonamides is 1. The van der Waals surface area contributed by atoms with Gasteiger partial charge < -0.3 is 5.11 Å². The molecule has 0 saturated heterocycles. The number of hydrazone groups is 1. The highest BCUT2D eigenvalue weighted by Gasteiger charge is 2.14. The standard InChI is InChI=1S/C16H16FN3O4S/c1-11(14-9-12(17)7-8-15(14)21)19-20-16(22)10-18-25(23,24)13-5-3-2-4-6-13/h2-9,18,21H,10H2,1H3,(H,20,22)/b19-11+. The van der Waals surface area contributed by atoms with Crippen LogP contribution in [0.5, 0.6) is 5.75 Å². The van der Waals surface area contributed by atoms with Gasteiger partial charge >= 0.3 is 0 Å². The highest BCUT2D eigenvalue weighted by molar-refractivity contribution is 7.89. The van der Waals surface area contributed by atoms with Crippen LogP contribution in [0.15, 0.2) is 58.5 Å². The molecule has 0 aliphatic rings. The van der Waals surface area contributed by atoms with Crippen molar-refractivity contribution in [2.24, 2.45) is 5.10 Å². The minimum absolute atomic E-state index is 0.0344. The van der Waals surface area contributed by atoms with Crippen molar-refractivity contribution >= 4 is 21.6 Å². The summed E-state index contributed by atoms with van der Waals surface area (Å²) in [6.45, 7) is 0.937. The van der Waals surface area contributed by atoms with E-state index in [1.165, 1.54) is 25.1 Å². The summed E-state index contributed by atoms with van der Waals surface area (Å²) in [6, 6.07) is 10.9. The average Bonchev–Trinajstić information content (AvgIpc) is 2.60. The van der Waals surface area contributed by atoms with Crippen LogP contribution in [0.4, 0.5) is 4.39 Å². The first-order valence-corrected chi connectivity index (χ1v) is 8.64. The predicted molar refractivity (Wildman–Crippen MR) is 90.0 cm³/mol. The van der Waals surface area contributed by atoms with Gasteiger partial charge in [-0.3, -0.25) is 4.79 Å². The maximum Gasteiger partial charge on any atom is 0.255 e. The average molecular weight is 365 g/mol. The summed E-state index contributed by atoms with van der Waals surface area (Å²) in [6.07, 6.45) is 0. The molecule has 132 valence electrons. The van der Waals surface area contributed by atoms with E-state index in [1.807, 2.05) is 0 Å². The van der Waals surface area contributed by atoms with Crippen LogP contribution in [0.3, 0.4) is 0 Å². The zero-order valence-corrected chi connectivity index (χ0v) is 14.0. The summed E-state index contributed by atoms with van der Waals surface area (Å²) < 4.78 is 39.3. The largest absolute Gasteiger partial charge is 0.507 e. The lowest BCUT2D eigenvalue weighted by Crippen LogP contribution is -2.35. The number of hydrogen-bond donors (Lipinski definition) is 3. The number of halogens is 1. The van der Waals surface area contributed by atoms with Crippen LogP contribution in [0.1, 0.15) is 12.5 Å². The molecule has 0 radical (unpaired) electrons. The topological polar surface area (TPSA) is 108 Å². The number of benzene rings is 2. The van der Waals surface area contributed by atoms with Gasteiger partial charge in [0, 0.05) is 5.56 Å². The molecule has 0 atom stereocenters. The highest BCUT2D eigenvalue weighted by atomic mass is 32.2. The van der Waals surface area contributed by atoms with Crippen molar-refractivity contribution < 1.29 is 22.7 Å². The number of phenols is 1. The summed E-state index contributed by atoms with van der Waals surface area (Å²) in [5.41, 5.74) is 2.42. The SMILES string of the molecule is C/C(=N\NC(=O)CNS(=O)(=O)c1ccccc1)c1cc(F)ccc1O. The van der Waals surface area contributed by atoms with Crippen molar-refractivity contribution in [3.8, 4) is 5.75 Å². The number of hydrogen-bond acceptors (Lipinski definition) is 5. The van der Waals surface area contributed by atoms with Crippen molar-refractivity contribution in [1.29, 1.82) is 0 Å². The van der Waals surface area contributed by atoms with Crippen molar-refractivity contribution in [2.75, 3.05) is 6.54 Å². The van der Waals surface area contributed by atoms with E-state index < -0.39 is 28.3 Å². The van der Waals surface area contributed by atoms with Gasteiger partial charge in [0.25, 0.3) is 5.91 Å². The van der Waals surface area contributed by atoms with Crippen LogP contribution in [-0.2, 0) is 14.8 Å². The maximum atomic E-state index is 13.2. The molecule has 0 aliphatic heterocycles. The number of nitrogens with one attached hydrogen (secondary N) is 2. The third-order valence-electron chi connectivity index (χ3n) is 3.17. The Hall–Kier alpha value is -2.78. The Morgan fingerprint density at radius 2 is 1.88 bits per heavy atom. The number of carbonyl (C=O) groups excluding carboxylic acids is 1. The van der Waals surface area contributed by atoms with Crippen LogP contribution in [-0.4, -0.2) is 31.7 Å². The molecule has 2 aromatic rings. The zero-order valence-electron chi connectivity index (χ0n) is 13.2. The summed E-state index contributed by atoms with van der Waals surface area (Å²) in [4.78, 5) is 11.8. The van der Waals surface area contributed by atoms with Crippen molar-refractivity contribution in [2.45, 2.75) is 11.8 Å². The lowest BCUT2D eigenvalue weighted by molar-refractivity contribution is -0.119. The Balaban J connectivity index is 1.97. The van der Waals surface area contributed by atoms with Gasteiger partial charge in [-0.2, -0.15) is 5.10 Å². The van der Waals surface area contributed by atoms with Crippen molar-refractivity contribution in [1.82, 2.24) is 10.1 Å². The van der Waals surface area contributed by atoms with Gasteiger partial charge in [-0.25, -0.2) is 23.0 Å². The molecule has 0 saturated carbocycles. The smallest absolute Gasteiger partial charge is 0.255 e. The first-order valence-electron chi connectivity index (χ1n) is 7.16. The number of nitrogens with zero attached hydrogens (tertiary/aromatic N) is 1.